The van der Waals surface area contributed by atoms with E-state index in [0.717, 1.165) is 22.2 Å². The first kappa shape index (κ1) is 17.5. The van der Waals surface area contributed by atoms with Crippen LogP contribution in [0.3, 0.4) is 0 Å². The number of anilines is 1. The van der Waals surface area contributed by atoms with E-state index in [2.05, 4.69) is 21.2 Å². The summed E-state index contributed by atoms with van der Waals surface area (Å²) < 4.78 is 27.8. The Morgan fingerprint density at radius 1 is 1.24 bits per heavy atom. The molecule has 0 radical (unpaired) electrons. The normalized spacial score (nSPS) is 17.0. The third kappa shape index (κ3) is 4.04. The number of rotatable bonds is 4. The molecule has 1 unspecified atom stereocenters. The first-order valence-corrected chi connectivity index (χ1v) is 8.51. The second-order valence-corrected chi connectivity index (χ2v) is 6.76. The predicted octanol–water partition coefficient (Wildman–Crippen LogP) is 3.40. The van der Waals surface area contributed by atoms with Gasteiger partial charge in [-0.15, -0.1) is 0 Å². The molecule has 1 heterocycles. The minimum absolute atomic E-state index is 0.00112. The van der Waals surface area contributed by atoms with Crippen LogP contribution in [-0.4, -0.2) is 18.4 Å². The third-order valence-corrected chi connectivity index (χ3v) is 4.55. The molecular weight excluding hydrogens is 394 g/mol. The lowest BCUT2D eigenvalue weighted by atomic mass is 10.1. The Morgan fingerprint density at radius 3 is 2.76 bits per heavy atom. The van der Waals surface area contributed by atoms with Crippen molar-refractivity contribution in [2.24, 2.45) is 5.92 Å². The summed E-state index contributed by atoms with van der Waals surface area (Å²) in [6, 6.07) is 10.5. The molecule has 1 aliphatic rings. The van der Waals surface area contributed by atoms with Gasteiger partial charge in [-0.05, 0) is 29.8 Å². The summed E-state index contributed by atoms with van der Waals surface area (Å²) >= 11 is 3.36. The van der Waals surface area contributed by atoms with Gasteiger partial charge in [0.25, 0.3) is 0 Å². The van der Waals surface area contributed by atoms with Crippen LogP contribution in [0, 0.1) is 17.6 Å². The van der Waals surface area contributed by atoms with Crippen molar-refractivity contribution in [2.75, 3.05) is 11.4 Å². The predicted molar refractivity (Wildman–Crippen MR) is 92.8 cm³/mol. The molecule has 1 N–H and O–H groups in total. The quantitative estimate of drug-likeness (QED) is 0.842. The molecule has 1 aliphatic heterocycles. The average molecular weight is 409 g/mol. The Balaban J connectivity index is 1.64. The van der Waals surface area contributed by atoms with Gasteiger partial charge in [0.05, 0.1) is 11.6 Å². The second-order valence-electron chi connectivity index (χ2n) is 5.85. The summed E-state index contributed by atoms with van der Waals surface area (Å²) in [5.41, 5.74) is 0.919. The Bertz CT molecular complexity index is 828. The number of nitrogens with one attached hydrogen (secondary N) is 1. The van der Waals surface area contributed by atoms with E-state index in [0.29, 0.717) is 6.54 Å². The van der Waals surface area contributed by atoms with Crippen LogP contribution in [0.4, 0.5) is 14.5 Å². The van der Waals surface area contributed by atoms with Crippen molar-refractivity contribution in [1.29, 1.82) is 0 Å². The molecule has 1 saturated heterocycles. The van der Waals surface area contributed by atoms with Crippen molar-refractivity contribution >= 4 is 33.4 Å². The fourth-order valence-electron chi connectivity index (χ4n) is 2.80. The van der Waals surface area contributed by atoms with Gasteiger partial charge in [-0.1, -0.05) is 28.1 Å². The lowest BCUT2D eigenvalue weighted by Gasteiger charge is -2.17. The van der Waals surface area contributed by atoms with Gasteiger partial charge in [-0.25, -0.2) is 8.78 Å². The zero-order valence-electron chi connectivity index (χ0n) is 13.1. The van der Waals surface area contributed by atoms with Crippen LogP contribution in [0.15, 0.2) is 46.9 Å². The molecule has 1 atom stereocenters. The van der Waals surface area contributed by atoms with Gasteiger partial charge in [0.2, 0.25) is 11.8 Å². The van der Waals surface area contributed by atoms with Gasteiger partial charge >= 0.3 is 0 Å². The van der Waals surface area contributed by atoms with E-state index in [1.807, 2.05) is 24.3 Å². The van der Waals surface area contributed by atoms with E-state index < -0.39 is 17.6 Å². The lowest BCUT2D eigenvalue weighted by molar-refractivity contribution is -0.126. The van der Waals surface area contributed by atoms with Crippen molar-refractivity contribution in [1.82, 2.24) is 5.32 Å². The maximum absolute atomic E-state index is 13.9. The average Bonchev–Trinajstić information content (AvgIpc) is 2.94. The summed E-state index contributed by atoms with van der Waals surface area (Å²) in [6.07, 6.45) is 0.00112. The molecule has 0 saturated carbocycles. The van der Waals surface area contributed by atoms with Crippen molar-refractivity contribution in [3.8, 4) is 0 Å². The Labute approximate surface area is 152 Å². The molecule has 0 aromatic heterocycles. The number of halogens is 3. The van der Waals surface area contributed by atoms with Crippen LogP contribution < -0.4 is 10.2 Å². The monoisotopic (exact) mass is 408 g/mol. The molecule has 25 heavy (non-hydrogen) atoms. The Hall–Kier alpha value is -2.28. The summed E-state index contributed by atoms with van der Waals surface area (Å²) in [4.78, 5) is 25.6. The standard InChI is InChI=1S/C18H15BrF2N2O2/c19-13-3-1-2-11(6-13)9-22-18(25)12-7-17(24)23(10-12)16-5-4-14(20)8-15(16)21/h1-6,8,12H,7,9-10H2,(H,22,25). The number of nitrogens with zero attached hydrogens (tertiary/aromatic N) is 1. The fraction of sp³-hybridized carbons (Fsp3) is 0.222. The molecule has 3 rings (SSSR count). The number of benzene rings is 2. The van der Waals surface area contributed by atoms with Gasteiger partial charge in [-0.3, -0.25) is 9.59 Å². The molecule has 0 aliphatic carbocycles. The van der Waals surface area contributed by atoms with Gasteiger partial charge in [0.1, 0.15) is 11.6 Å². The molecule has 2 aromatic rings. The lowest BCUT2D eigenvalue weighted by Crippen LogP contribution is -2.32. The first-order valence-electron chi connectivity index (χ1n) is 7.71. The highest BCUT2D eigenvalue weighted by Crippen LogP contribution is 2.28. The fourth-order valence-corrected chi connectivity index (χ4v) is 3.24. The zero-order valence-corrected chi connectivity index (χ0v) is 14.7. The van der Waals surface area contributed by atoms with Crippen LogP contribution >= 0.6 is 15.9 Å². The molecule has 4 nitrogen and oxygen atoms in total. The van der Waals surface area contributed by atoms with Crippen LogP contribution in [0.1, 0.15) is 12.0 Å². The van der Waals surface area contributed by atoms with Crippen molar-refractivity contribution in [2.45, 2.75) is 13.0 Å². The van der Waals surface area contributed by atoms with Crippen LogP contribution in [0.25, 0.3) is 0 Å². The summed E-state index contributed by atoms with van der Waals surface area (Å²) in [7, 11) is 0. The van der Waals surface area contributed by atoms with E-state index in [1.165, 1.54) is 11.0 Å². The SMILES string of the molecule is O=C(NCc1cccc(Br)c1)C1CC(=O)N(c2ccc(F)cc2F)C1. The minimum atomic E-state index is -0.816. The van der Waals surface area contributed by atoms with Crippen molar-refractivity contribution < 1.29 is 18.4 Å². The van der Waals surface area contributed by atoms with E-state index in [-0.39, 0.29) is 30.5 Å². The first-order chi connectivity index (χ1) is 11.9. The van der Waals surface area contributed by atoms with E-state index in [4.69, 9.17) is 0 Å². The Morgan fingerprint density at radius 2 is 2.04 bits per heavy atom. The number of carbonyl (C=O) groups excluding carboxylic acids is 2. The largest absolute Gasteiger partial charge is 0.352 e. The number of carbonyl (C=O) groups is 2. The van der Waals surface area contributed by atoms with E-state index >= 15 is 0 Å². The maximum atomic E-state index is 13.9. The zero-order chi connectivity index (χ0) is 18.0. The van der Waals surface area contributed by atoms with Gasteiger partial charge in [0, 0.05) is 30.0 Å². The van der Waals surface area contributed by atoms with Crippen molar-refractivity contribution in [3.63, 3.8) is 0 Å². The highest BCUT2D eigenvalue weighted by atomic mass is 79.9. The van der Waals surface area contributed by atoms with Gasteiger partial charge in [-0.2, -0.15) is 0 Å². The highest BCUT2D eigenvalue weighted by Gasteiger charge is 2.36. The highest BCUT2D eigenvalue weighted by molar-refractivity contribution is 9.10. The van der Waals surface area contributed by atoms with Crippen LogP contribution in [-0.2, 0) is 16.1 Å². The summed E-state index contributed by atoms with van der Waals surface area (Å²) in [6.45, 7) is 0.416. The number of hydrogen-bond acceptors (Lipinski definition) is 2. The van der Waals surface area contributed by atoms with Crippen LogP contribution in [0.2, 0.25) is 0 Å². The molecule has 130 valence electrons. The van der Waals surface area contributed by atoms with Gasteiger partial charge in [0.15, 0.2) is 0 Å². The molecule has 0 bridgehead atoms. The molecule has 2 amide bonds. The number of hydrogen-bond donors (Lipinski definition) is 1. The molecular formula is C18H15BrF2N2O2. The Kier molecular flexibility index (Phi) is 5.13. The van der Waals surface area contributed by atoms with Crippen molar-refractivity contribution in [3.05, 3.63) is 64.1 Å². The topological polar surface area (TPSA) is 49.4 Å². The summed E-state index contributed by atoms with van der Waals surface area (Å²) in [5, 5.41) is 2.79. The minimum Gasteiger partial charge on any atom is -0.352 e. The number of amides is 2. The van der Waals surface area contributed by atoms with Gasteiger partial charge < -0.3 is 10.2 Å². The maximum Gasteiger partial charge on any atom is 0.227 e. The molecule has 1 fully saturated rings. The molecule has 7 heteroatoms. The van der Waals surface area contributed by atoms with Crippen LogP contribution in [0.5, 0.6) is 0 Å². The second kappa shape index (κ2) is 7.31. The smallest absolute Gasteiger partial charge is 0.227 e. The third-order valence-electron chi connectivity index (χ3n) is 4.05. The van der Waals surface area contributed by atoms with E-state index in [9.17, 15) is 18.4 Å². The molecule has 2 aromatic carbocycles. The summed E-state index contributed by atoms with van der Waals surface area (Å²) in [5.74, 6) is -2.71. The van der Waals surface area contributed by atoms with E-state index in [1.54, 1.807) is 0 Å². The molecule has 0 spiro atoms.